The highest BCUT2D eigenvalue weighted by atomic mass is 35.5. The van der Waals surface area contributed by atoms with Gasteiger partial charge in [0, 0.05) is 49.8 Å². The third-order valence-corrected chi connectivity index (χ3v) is 5.04. The molecule has 0 bridgehead atoms. The van der Waals surface area contributed by atoms with Crippen LogP contribution in [0, 0.1) is 5.92 Å². The fourth-order valence-electron chi connectivity index (χ4n) is 3.64. The summed E-state index contributed by atoms with van der Waals surface area (Å²) in [6.45, 7) is 1.94. The van der Waals surface area contributed by atoms with Crippen molar-refractivity contribution in [2.45, 2.75) is 37.2 Å². The van der Waals surface area contributed by atoms with Crippen LogP contribution in [0.2, 0.25) is 5.15 Å². The van der Waals surface area contributed by atoms with Crippen molar-refractivity contribution < 1.29 is 23.0 Å². The SMILES string of the molecule is FC1(F)CC(COc2cc(Cl)nc3c2CCOC32CCOC2)C1. The van der Waals surface area contributed by atoms with Gasteiger partial charge in [-0.05, 0) is 0 Å². The highest BCUT2D eigenvalue weighted by Gasteiger charge is 2.46. The number of alkyl halides is 2. The molecule has 2 fully saturated rings. The molecule has 0 aromatic carbocycles. The summed E-state index contributed by atoms with van der Waals surface area (Å²) in [5.41, 5.74) is 1.21. The molecular weight excluding hydrogens is 328 g/mol. The lowest BCUT2D eigenvalue weighted by Crippen LogP contribution is -2.39. The molecule has 0 N–H and O–H groups in total. The minimum Gasteiger partial charge on any atom is -0.493 e. The Kier molecular flexibility index (Phi) is 3.74. The number of aromatic nitrogens is 1. The lowest BCUT2D eigenvalue weighted by atomic mass is 9.82. The van der Waals surface area contributed by atoms with Crippen molar-refractivity contribution in [2.75, 3.05) is 26.4 Å². The Morgan fingerprint density at radius 2 is 2.17 bits per heavy atom. The maximum absolute atomic E-state index is 12.9. The van der Waals surface area contributed by atoms with Gasteiger partial charge in [0.2, 0.25) is 5.92 Å². The second kappa shape index (κ2) is 5.53. The standard InChI is InChI=1S/C16H18ClF2NO3/c17-13-5-12(22-8-10-6-16(18,19)7-10)11-1-3-23-15(14(11)20-13)2-4-21-9-15/h5,10H,1-4,6-9H2. The van der Waals surface area contributed by atoms with E-state index < -0.39 is 11.5 Å². The van der Waals surface area contributed by atoms with E-state index in [0.717, 1.165) is 17.7 Å². The van der Waals surface area contributed by atoms with Crippen LogP contribution in [0.25, 0.3) is 0 Å². The molecule has 1 aromatic rings. The van der Waals surface area contributed by atoms with Crippen molar-refractivity contribution in [3.63, 3.8) is 0 Å². The van der Waals surface area contributed by atoms with Crippen LogP contribution in [0.5, 0.6) is 5.75 Å². The fraction of sp³-hybridized carbons (Fsp3) is 0.688. The minimum absolute atomic E-state index is 0.101. The average Bonchev–Trinajstić information content (AvgIpc) is 2.93. The van der Waals surface area contributed by atoms with Gasteiger partial charge in [-0.3, -0.25) is 0 Å². The number of nitrogens with zero attached hydrogens (tertiary/aromatic N) is 1. The molecule has 1 saturated carbocycles. The first-order valence-corrected chi connectivity index (χ1v) is 8.27. The Hall–Kier alpha value is -0.980. The molecule has 4 nitrogen and oxygen atoms in total. The van der Waals surface area contributed by atoms with Gasteiger partial charge in [-0.1, -0.05) is 11.6 Å². The van der Waals surface area contributed by atoms with Crippen molar-refractivity contribution in [2.24, 2.45) is 5.92 Å². The average molecular weight is 346 g/mol. The first-order valence-electron chi connectivity index (χ1n) is 7.90. The van der Waals surface area contributed by atoms with Gasteiger partial charge in [0.05, 0.1) is 25.5 Å². The third kappa shape index (κ3) is 2.81. The van der Waals surface area contributed by atoms with E-state index in [1.54, 1.807) is 6.07 Å². The number of rotatable bonds is 3. The second-order valence-corrected chi connectivity index (χ2v) is 6.99. The van der Waals surface area contributed by atoms with E-state index in [1.807, 2.05) is 0 Å². The molecule has 1 aromatic heterocycles. The Balaban J connectivity index is 1.57. The number of pyridine rings is 1. The molecule has 0 radical (unpaired) electrons. The molecule has 3 aliphatic rings. The zero-order chi connectivity index (χ0) is 16.1. The molecular formula is C16H18ClF2NO3. The summed E-state index contributed by atoms with van der Waals surface area (Å²) in [5.74, 6) is -1.98. The van der Waals surface area contributed by atoms with Crippen LogP contribution in [0.4, 0.5) is 8.78 Å². The smallest absolute Gasteiger partial charge is 0.248 e. The summed E-state index contributed by atoms with van der Waals surface area (Å²) < 4.78 is 43.1. The van der Waals surface area contributed by atoms with Crippen LogP contribution in [0.15, 0.2) is 6.07 Å². The van der Waals surface area contributed by atoms with E-state index in [9.17, 15) is 8.78 Å². The van der Waals surface area contributed by atoms with E-state index in [-0.39, 0.29) is 25.4 Å². The molecule has 3 heterocycles. The Labute approximate surface area is 138 Å². The van der Waals surface area contributed by atoms with Crippen LogP contribution >= 0.6 is 11.6 Å². The topological polar surface area (TPSA) is 40.6 Å². The highest BCUT2D eigenvalue weighted by Crippen LogP contribution is 2.44. The van der Waals surface area contributed by atoms with Gasteiger partial charge in [-0.15, -0.1) is 0 Å². The summed E-state index contributed by atoms with van der Waals surface area (Å²) in [6.07, 6.45) is 1.21. The van der Waals surface area contributed by atoms with E-state index in [0.29, 0.717) is 37.1 Å². The number of fused-ring (bicyclic) bond motifs is 2. The Morgan fingerprint density at radius 1 is 1.35 bits per heavy atom. The first kappa shape index (κ1) is 15.5. The van der Waals surface area contributed by atoms with Crippen molar-refractivity contribution in [3.8, 4) is 5.75 Å². The molecule has 0 amide bonds. The Bertz CT molecular complexity index is 612. The van der Waals surface area contributed by atoms with Gasteiger partial charge in [0.1, 0.15) is 16.5 Å². The number of halogens is 3. The van der Waals surface area contributed by atoms with E-state index in [4.69, 9.17) is 25.8 Å². The fourth-order valence-corrected chi connectivity index (χ4v) is 3.82. The van der Waals surface area contributed by atoms with Crippen molar-refractivity contribution in [3.05, 3.63) is 22.5 Å². The largest absolute Gasteiger partial charge is 0.493 e. The normalized spacial score (nSPS) is 29.3. The van der Waals surface area contributed by atoms with Crippen LogP contribution in [0.3, 0.4) is 0 Å². The van der Waals surface area contributed by atoms with Crippen LogP contribution < -0.4 is 4.74 Å². The number of hydrogen-bond donors (Lipinski definition) is 0. The maximum atomic E-state index is 12.9. The molecule has 1 unspecified atom stereocenters. The van der Waals surface area contributed by atoms with Crippen LogP contribution in [-0.4, -0.2) is 37.3 Å². The van der Waals surface area contributed by atoms with E-state index >= 15 is 0 Å². The molecule has 126 valence electrons. The summed E-state index contributed by atoms with van der Waals surface area (Å²) in [6, 6.07) is 1.67. The molecule has 1 spiro atoms. The zero-order valence-corrected chi connectivity index (χ0v) is 13.4. The third-order valence-electron chi connectivity index (χ3n) is 4.85. The maximum Gasteiger partial charge on any atom is 0.248 e. The zero-order valence-electron chi connectivity index (χ0n) is 12.6. The lowest BCUT2D eigenvalue weighted by Gasteiger charge is -2.36. The summed E-state index contributed by atoms with van der Waals surface area (Å²) >= 11 is 6.14. The van der Waals surface area contributed by atoms with E-state index in [2.05, 4.69) is 4.98 Å². The molecule has 23 heavy (non-hydrogen) atoms. The lowest BCUT2D eigenvalue weighted by molar-refractivity contribution is -0.119. The molecule has 1 atom stereocenters. The molecule has 1 aliphatic carbocycles. The summed E-state index contributed by atoms with van der Waals surface area (Å²) in [4.78, 5) is 4.45. The predicted molar refractivity (Wildman–Crippen MR) is 79.2 cm³/mol. The van der Waals surface area contributed by atoms with Gasteiger partial charge < -0.3 is 14.2 Å². The van der Waals surface area contributed by atoms with Crippen LogP contribution in [0.1, 0.15) is 30.5 Å². The Morgan fingerprint density at radius 3 is 2.87 bits per heavy atom. The summed E-state index contributed by atoms with van der Waals surface area (Å²) in [7, 11) is 0. The van der Waals surface area contributed by atoms with Crippen LogP contribution in [-0.2, 0) is 21.5 Å². The predicted octanol–water partition coefficient (Wildman–Crippen LogP) is 3.35. The van der Waals surface area contributed by atoms with Crippen molar-refractivity contribution >= 4 is 11.6 Å². The summed E-state index contributed by atoms with van der Waals surface area (Å²) in [5, 5.41) is 0.328. The monoisotopic (exact) mass is 345 g/mol. The van der Waals surface area contributed by atoms with Crippen molar-refractivity contribution in [1.82, 2.24) is 4.98 Å². The van der Waals surface area contributed by atoms with Gasteiger partial charge >= 0.3 is 0 Å². The number of ether oxygens (including phenoxy) is 3. The van der Waals surface area contributed by atoms with Gasteiger partial charge in [0.15, 0.2) is 0 Å². The van der Waals surface area contributed by atoms with Gasteiger partial charge in [0.25, 0.3) is 0 Å². The van der Waals surface area contributed by atoms with Gasteiger partial charge in [-0.2, -0.15) is 0 Å². The number of hydrogen-bond acceptors (Lipinski definition) is 4. The molecule has 2 aliphatic heterocycles. The molecule has 1 saturated heterocycles. The van der Waals surface area contributed by atoms with Gasteiger partial charge in [-0.25, -0.2) is 13.8 Å². The first-order chi connectivity index (χ1) is 11.0. The molecule has 4 rings (SSSR count). The second-order valence-electron chi connectivity index (χ2n) is 6.61. The highest BCUT2D eigenvalue weighted by molar-refractivity contribution is 6.29. The quantitative estimate of drug-likeness (QED) is 0.788. The minimum atomic E-state index is -2.53. The van der Waals surface area contributed by atoms with Crippen molar-refractivity contribution in [1.29, 1.82) is 0 Å². The molecule has 7 heteroatoms. The van der Waals surface area contributed by atoms with E-state index in [1.165, 1.54) is 0 Å².